The first kappa shape index (κ1) is 15.8. The Morgan fingerprint density at radius 2 is 1.82 bits per heavy atom. The number of anilines is 1. The Bertz CT molecular complexity index is 672. The van der Waals surface area contributed by atoms with Crippen molar-refractivity contribution < 1.29 is 14.3 Å². The second-order valence-corrected chi connectivity index (χ2v) is 4.87. The number of aryl methyl sites for hydroxylation is 1. The molecule has 0 saturated carbocycles. The molecule has 0 aliphatic carbocycles. The molecule has 0 radical (unpaired) electrons. The third-order valence-electron chi connectivity index (χ3n) is 3.29. The Hall–Kier alpha value is -2.56. The number of esters is 1. The van der Waals surface area contributed by atoms with Crippen molar-refractivity contribution in [3.8, 4) is 5.69 Å². The summed E-state index contributed by atoms with van der Waals surface area (Å²) in [4.78, 5) is 23.5. The highest BCUT2D eigenvalue weighted by molar-refractivity contribution is 6.00. The lowest BCUT2D eigenvalue weighted by Crippen LogP contribution is -2.15. The molecule has 0 bridgehead atoms. The van der Waals surface area contributed by atoms with Gasteiger partial charge in [0.25, 0.3) is 0 Å². The number of carbonyl (C=O) groups excluding carboxylic acids is 2. The van der Waals surface area contributed by atoms with Gasteiger partial charge in [0.2, 0.25) is 5.91 Å². The van der Waals surface area contributed by atoms with E-state index in [9.17, 15) is 9.59 Å². The van der Waals surface area contributed by atoms with Gasteiger partial charge < -0.3 is 14.6 Å². The maximum absolute atomic E-state index is 12.2. The number of carbonyl (C=O) groups is 2. The van der Waals surface area contributed by atoms with Gasteiger partial charge in [-0.15, -0.1) is 0 Å². The van der Waals surface area contributed by atoms with Gasteiger partial charge in [-0.1, -0.05) is 19.1 Å². The van der Waals surface area contributed by atoms with E-state index in [4.69, 9.17) is 4.74 Å². The van der Waals surface area contributed by atoms with Gasteiger partial charge in [0.05, 0.1) is 12.3 Å². The standard InChI is InChI=1S/C17H20N2O3/c1-4-13-6-8-14(9-7-13)19-11-10-15(18-12(3)20)16(19)17(21)22-5-2/h6-11H,4-5H2,1-3H3,(H,18,20). The molecule has 0 aliphatic rings. The zero-order valence-electron chi connectivity index (χ0n) is 13.1. The van der Waals surface area contributed by atoms with E-state index in [1.807, 2.05) is 24.3 Å². The van der Waals surface area contributed by atoms with Crippen molar-refractivity contribution in [2.75, 3.05) is 11.9 Å². The Kier molecular flexibility index (Phi) is 4.99. The van der Waals surface area contributed by atoms with Gasteiger partial charge in [-0.3, -0.25) is 4.79 Å². The van der Waals surface area contributed by atoms with Gasteiger partial charge in [0.1, 0.15) is 0 Å². The number of benzene rings is 1. The Balaban J connectivity index is 2.47. The summed E-state index contributed by atoms with van der Waals surface area (Å²) in [7, 11) is 0. The summed E-state index contributed by atoms with van der Waals surface area (Å²) in [5, 5.41) is 2.66. The van der Waals surface area contributed by atoms with Gasteiger partial charge in [0.15, 0.2) is 5.69 Å². The van der Waals surface area contributed by atoms with Crippen molar-refractivity contribution in [3.05, 3.63) is 47.8 Å². The maximum atomic E-state index is 12.2. The molecule has 22 heavy (non-hydrogen) atoms. The number of rotatable bonds is 5. The number of hydrogen-bond acceptors (Lipinski definition) is 3. The van der Waals surface area contributed by atoms with Crippen molar-refractivity contribution in [3.63, 3.8) is 0 Å². The van der Waals surface area contributed by atoms with Crippen LogP contribution in [0, 0.1) is 0 Å². The molecule has 1 heterocycles. The molecule has 0 saturated heterocycles. The molecule has 116 valence electrons. The average molecular weight is 300 g/mol. The average Bonchev–Trinajstić information content (AvgIpc) is 2.90. The van der Waals surface area contributed by atoms with Crippen LogP contribution in [0.3, 0.4) is 0 Å². The predicted octanol–water partition coefficient (Wildman–Crippen LogP) is 3.17. The van der Waals surface area contributed by atoms with Gasteiger partial charge in [0, 0.05) is 18.8 Å². The summed E-state index contributed by atoms with van der Waals surface area (Å²) in [6.45, 7) is 5.52. The second-order valence-electron chi connectivity index (χ2n) is 4.87. The van der Waals surface area contributed by atoms with Crippen LogP contribution in [-0.2, 0) is 16.0 Å². The molecule has 1 aromatic carbocycles. The summed E-state index contributed by atoms with van der Waals surface area (Å²) in [5.74, 6) is -0.694. The topological polar surface area (TPSA) is 60.3 Å². The molecule has 1 N–H and O–H groups in total. The van der Waals surface area contributed by atoms with Crippen LogP contribution in [0.15, 0.2) is 36.5 Å². The fourth-order valence-electron chi connectivity index (χ4n) is 2.24. The number of nitrogens with one attached hydrogen (secondary N) is 1. The molecule has 1 amide bonds. The Morgan fingerprint density at radius 1 is 1.14 bits per heavy atom. The summed E-state index contributed by atoms with van der Waals surface area (Å²) in [6.07, 6.45) is 2.70. The molecule has 0 atom stereocenters. The quantitative estimate of drug-likeness (QED) is 0.863. The summed E-state index contributed by atoms with van der Waals surface area (Å²) >= 11 is 0. The van der Waals surface area contributed by atoms with E-state index < -0.39 is 5.97 Å². The molecule has 1 aromatic heterocycles. The Labute approximate surface area is 129 Å². The number of nitrogens with zero attached hydrogens (tertiary/aromatic N) is 1. The SMILES string of the molecule is CCOC(=O)c1c(NC(C)=O)ccn1-c1ccc(CC)cc1. The summed E-state index contributed by atoms with van der Waals surface area (Å²) in [5.41, 5.74) is 2.83. The molecule has 5 nitrogen and oxygen atoms in total. The zero-order valence-corrected chi connectivity index (χ0v) is 13.1. The monoisotopic (exact) mass is 300 g/mol. The van der Waals surface area contributed by atoms with Crippen LogP contribution in [0.25, 0.3) is 5.69 Å². The normalized spacial score (nSPS) is 10.3. The first-order valence-electron chi connectivity index (χ1n) is 7.32. The highest BCUT2D eigenvalue weighted by Crippen LogP contribution is 2.23. The number of aromatic nitrogens is 1. The fraction of sp³-hybridized carbons (Fsp3) is 0.294. The van der Waals surface area contributed by atoms with Crippen LogP contribution >= 0.6 is 0 Å². The number of ether oxygens (including phenoxy) is 1. The smallest absolute Gasteiger partial charge is 0.357 e. The van der Waals surface area contributed by atoms with Crippen molar-refractivity contribution in [2.24, 2.45) is 0 Å². The molecule has 5 heteroatoms. The fourth-order valence-corrected chi connectivity index (χ4v) is 2.24. The minimum atomic E-state index is -0.462. The van der Waals surface area contributed by atoms with Gasteiger partial charge >= 0.3 is 5.97 Å². The van der Waals surface area contributed by atoms with E-state index in [1.165, 1.54) is 12.5 Å². The van der Waals surface area contributed by atoms with E-state index in [-0.39, 0.29) is 12.5 Å². The van der Waals surface area contributed by atoms with Crippen LogP contribution in [0.5, 0.6) is 0 Å². The summed E-state index contributed by atoms with van der Waals surface area (Å²) < 4.78 is 6.83. The third kappa shape index (κ3) is 3.36. The summed E-state index contributed by atoms with van der Waals surface area (Å²) in [6, 6.07) is 9.62. The molecular formula is C17H20N2O3. The van der Waals surface area contributed by atoms with Crippen LogP contribution in [0.2, 0.25) is 0 Å². The van der Waals surface area contributed by atoms with Crippen LogP contribution in [-0.4, -0.2) is 23.1 Å². The molecule has 0 aliphatic heterocycles. The van der Waals surface area contributed by atoms with Crippen molar-refractivity contribution in [1.29, 1.82) is 0 Å². The van der Waals surface area contributed by atoms with E-state index in [0.717, 1.165) is 12.1 Å². The minimum absolute atomic E-state index is 0.232. The highest BCUT2D eigenvalue weighted by atomic mass is 16.5. The number of amides is 1. The highest BCUT2D eigenvalue weighted by Gasteiger charge is 2.20. The van der Waals surface area contributed by atoms with Crippen molar-refractivity contribution in [2.45, 2.75) is 27.2 Å². The largest absolute Gasteiger partial charge is 0.461 e. The van der Waals surface area contributed by atoms with E-state index in [0.29, 0.717) is 11.4 Å². The molecule has 2 rings (SSSR count). The Morgan fingerprint density at radius 3 is 2.36 bits per heavy atom. The molecule has 2 aromatic rings. The zero-order chi connectivity index (χ0) is 16.1. The molecule has 0 unspecified atom stereocenters. The van der Waals surface area contributed by atoms with E-state index >= 15 is 0 Å². The maximum Gasteiger partial charge on any atom is 0.357 e. The van der Waals surface area contributed by atoms with Gasteiger partial charge in [-0.2, -0.15) is 0 Å². The lowest BCUT2D eigenvalue weighted by molar-refractivity contribution is -0.114. The van der Waals surface area contributed by atoms with E-state index in [2.05, 4.69) is 12.2 Å². The first-order chi connectivity index (χ1) is 10.6. The number of hydrogen-bond donors (Lipinski definition) is 1. The molecular weight excluding hydrogens is 280 g/mol. The first-order valence-corrected chi connectivity index (χ1v) is 7.32. The molecule has 0 spiro atoms. The van der Waals surface area contributed by atoms with Crippen LogP contribution < -0.4 is 5.32 Å². The predicted molar refractivity (Wildman–Crippen MR) is 85.4 cm³/mol. The van der Waals surface area contributed by atoms with Crippen LogP contribution in [0.1, 0.15) is 36.8 Å². The minimum Gasteiger partial charge on any atom is -0.461 e. The van der Waals surface area contributed by atoms with Crippen molar-refractivity contribution >= 4 is 17.6 Å². The van der Waals surface area contributed by atoms with Gasteiger partial charge in [-0.05, 0) is 37.1 Å². The van der Waals surface area contributed by atoms with Crippen LogP contribution in [0.4, 0.5) is 5.69 Å². The second kappa shape index (κ2) is 6.93. The lowest BCUT2D eigenvalue weighted by Gasteiger charge is -2.11. The van der Waals surface area contributed by atoms with E-state index in [1.54, 1.807) is 23.8 Å². The van der Waals surface area contributed by atoms with Crippen molar-refractivity contribution in [1.82, 2.24) is 4.57 Å². The third-order valence-corrected chi connectivity index (χ3v) is 3.29. The van der Waals surface area contributed by atoms with Gasteiger partial charge in [-0.25, -0.2) is 4.79 Å². The lowest BCUT2D eigenvalue weighted by atomic mass is 10.1. The molecule has 0 fully saturated rings.